The van der Waals surface area contributed by atoms with Gasteiger partial charge in [-0.25, -0.2) is 4.68 Å². The highest BCUT2D eigenvalue weighted by Crippen LogP contribution is 2.30. The van der Waals surface area contributed by atoms with Crippen molar-refractivity contribution in [3.05, 3.63) is 51.2 Å². The molecule has 0 spiro atoms. The fraction of sp³-hybridized carbons (Fsp3) is 0.400. The van der Waals surface area contributed by atoms with Crippen LogP contribution in [-0.2, 0) is 13.1 Å². The molecule has 3 rings (SSSR count). The van der Waals surface area contributed by atoms with Crippen LogP contribution in [0.15, 0.2) is 29.5 Å². The van der Waals surface area contributed by atoms with Gasteiger partial charge in [0.15, 0.2) is 0 Å². The van der Waals surface area contributed by atoms with E-state index < -0.39 is 0 Å². The van der Waals surface area contributed by atoms with E-state index in [0.717, 1.165) is 11.1 Å². The Hall–Kier alpha value is -1.88. The molecule has 110 valence electrons. The summed E-state index contributed by atoms with van der Waals surface area (Å²) in [6.07, 6.45) is 7.42. The third-order valence-electron chi connectivity index (χ3n) is 3.73. The molecule has 0 unspecified atom stereocenters. The summed E-state index contributed by atoms with van der Waals surface area (Å²) in [4.78, 5) is 16.5. The number of halogens is 1. The lowest BCUT2D eigenvalue weighted by atomic mass is 10.1. The first-order chi connectivity index (χ1) is 10.1. The molecular weight excluding hydrogens is 288 g/mol. The number of aryl methyl sites for hydroxylation is 1. The Morgan fingerprint density at radius 1 is 1.43 bits per heavy atom. The minimum atomic E-state index is -0.157. The summed E-state index contributed by atoms with van der Waals surface area (Å²) >= 11 is 6.11. The fourth-order valence-corrected chi connectivity index (χ4v) is 2.36. The molecule has 1 aliphatic rings. The second-order valence-electron chi connectivity index (χ2n) is 5.45. The smallest absolute Gasteiger partial charge is 0.291 e. The van der Waals surface area contributed by atoms with Gasteiger partial charge in [0.05, 0.1) is 11.2 Å². The van der Waals surface area contributed by atoms with Gasteiger partial charge in [-0.1, -0.05) is 11.6 Å². The maximum Gasteiger partial charge on any atom is 0.291 e. The Morgan fingerprint density at radius 3 is 2.95 bits per heavy atom. The molecule has 2 aromatic heterocycles. The van der Waals surface area contributed by atoms with E-state index in [0.29, 0.717) is 29.7 Å². The van der Waals surface area contributed by atoms with Crippen LogP contribution in [0.25, 0.3) is 0 Å². The van der Waals surface area contributed by atoms with Crippen LogP contribution in [0, 0.1) is 12.8 Å². The Kier molecular flexibility index (Phi) is 3.92. The van der Waals surface area contributed by atoms with Gasteiger partial charge >= 0.3 is 0 Å². The molecule has 1 aliphatic carbocycles. The molecule has 0 radical (unpaired) electrons. The normalized spacial score (nSPS) is 14.2. The maximum absolute atomic E-state index is 12.4. The second kappa shape index (κ2) is 5.85. The van der Waals surface area contributed by atoms with Crippen molar-refractivity contribution in [2.24, 2.45) is 5.92 Å². The van der Waals surface area contributed by atoms with Crippen LogP contribution in [0.4, 0.5) is 5.69 Å². The molecule has 5 nitrogen and oxygen atoms in total. The second-order valence-corrected chi connectivity index (χ2v) is 5.86. The Labute approximate surface area is 128 Å². The van der Waals surface area contributed by atoms with E-state index in [1.807, 2.05) is 13.0 Å². The number of pyridine rings is 1. The highest BCUT2D eigenvalue weighted by atomic mass is 35.5. The summed E-state index contributed by atoms with van der Waals surface area (Å²) in [6, 6.07) is 1.94. The largest absolute Gasteiger partial charge is 0.375 e. The van der Waals surface area contributed by atoms with Gasteiger partial charge in [0.2, 0.25) is 0 Å². The van der Waals surface area contributed by atoms with Crippen molar-refractivity contribution in [1.82, 2.24) is 14.8 Å². The number of anilines is 1. The number of nitrogens with one attached hydrogen (secondary N) is 1. The molecule has 21 heavy (non-hydrogen) atoms. The van der Waals surface area contributed by atoms with Gasteiger partial charge in [-0.15, -0.1) is 0 Å². The van der Waals surface area contributed by atoms with Gasteiger partial charge in [0.25, 0.3) is 5.56 Å². The summed E-state index contributed by atoms with van der Waals surface area (Å²) in [7, 11) is 0. The van der Waals surface area contributed by atoms with Crippen LogP contribution in [0.5, 0.6) is 0 Å². The first kappa shape index (κ1) is 14.1. The zero-order valence-corrected chi connectivity index (χ0v) is 12.6. The summed E-state index contributed by atoms with van der Waals surface area (Å²) in [5.74, 6) is 0.588. The number of aromatic nitrogens is 3. The Morgan fingerprint density at radius 2 is 2.24 bits per heavy atom. The van der Waals surface area contributed by atoms with Crippen molar-refractivity contribution in [2.45, 2.75) is 32.9 Å². The number of hydrogen-bond acceptors (Lipinski definition) is 4. The van der Waals surface area contributed by atoms with E-state index in [4.69, 9.17) is 11.6 Å². The van der Waals surface area contributed by atoms with Crippen molar-refractivity contribution in [1.29, 1.82) is 0 Å². The van der Waals surface area contributed by atoms with Crippen LogP contribution >= 0.6 is 11.6 Å². The first-order valence-electron chi connectivity index (χ1n) is 7.04. The van der Waals surface area contributed by atoms with Crippen molar-refractivity contribution in [3.8, 4) is 0 Å². The molecule has 0 aliphatic heterocycles. The molecule has 0 amide bonds. The van der Waals surface area contributed by atoms with E-state index in [1.165, 1.54) is 23.7 Å². The lowest BCUT2D eigenvalue weighted by molar-refractivity contribution is 0.534. The third kappa shape index (κ3) is 3.24. The molecule has 0 bridgehead atoms. The van der Waals surface area contributed by atoms with Crippen molar-refractivity contribution in [2.75, 3.05) is 5.32 Å². The summed E-state index contributed by atoms with van der Waals surface area (Å²) in [5, 5.41) is 7.59. The summed E-state index contributed by atoms with van der Waals surface area (Å²) in [5.41, 5.74) is 2.42. The van der Waals surface area contributed by atoms with Gasteiger partial charge in [-0.2, -0.15) is 5.10 Å². The van der Waals surface area contributed by atoms with E-state index in [9.17, 15) is 4.79 Å². The van der Waals surface area contributed by atoms with E-state index >= 15 is 0 Å². The predicted octanol–water partition coefficient (Wildman–Crippen LogP) is 2.62. The highest BCUT2D eigenvalue weighted by Gasteiger charge is 2.23. The minimum Gasteiger partial charge on any atom is -0.375 e. The van der Waals surface area contributed by atoms with Crippen LogP contribution in [0.1, 0.15) is 24.0 Å². The van der Waals surface area contributed by atoms with Gasteiger partial charge in [0, 0.05) is 25.5 Å². The van der Waals surface area contributed by atoms with Crippen LogP contribution in [-0.4, -0.2) is 14.8 Å². The topological polar surface area (TPSA) is 59.8 Å². The van der Waals surface area contributed by atoms with E-state index in [1.54, 1.807) is 12.4 Å². The van der Waals surface area contributed by atoms with Crippen molar-refractivity contribution in [3.63, 3.8) is 0 Å². The van der Waals surface area contributed by atoms with Crippen molar-refractivity contribution < 1.29 is 0 Å². The van der Waals surface area contributed by atoms with Crippen LogP contribution in [0.2, 0.25) is 5.02 Å². The van der Waals surface area contributed by atoms with Crippen molar-refractivity contribution >= 4 is 17.3 Å². The standard InChI is InChI=1S/C15H17ClN4O/c1-10-4-5-17-6-12(10)7-18-14-13(16)8-19-20(15(14)21)9-11-2-3-11/h4-6,8,11,18H,2-3,7,9H2,1H3. The molecule has 1 N–H and O–H groups in total. The van der Waals surface area contributed by atoms with E-state index in [-0.39, 0.29) is 5.56 Å². The lowest BCUT2D eigenvalue weighted by Gasteiger charge is -2.11. The minimum absolute atomic E-state index is 0.157. The SMILES string of the molecule is Cc1ccncc1CNc1c(Cl)cnn(CC2CC2)c1=O. The zero-order chi connectivity index (χ0) is 14.8. The van der Waals surface area contributed by atoms with Gasteiger partial charge in [0.1, 0.15) is 5.69 Å². The first-order valence-corrected chi connectivity index (χ1v) is 7.42. The number of nitrogens with zero attached hydrogens (tertiary/aromatic N) is 3. The zero-order valence-electron chi connectivity index (χ0n) is 11.8. The predicted molar refractivity (Wildman–Crippen MR) is 82.5 cm³/mol. The molecule has 2 heterocycles. The van der Waals surface area contributed by atoms with Gasteiger partial charge < -0.3 is 5.32 Å². The molecule has 0 atom stereocenters. The average molecular weight is 305 g/mol. The molecule has 6 heteroatoms. The quantitative estimate of drug-likeness (QED) is 0.922. The average Bonchev–Trinajstić information content (AvgIpc) is 3.28. The molecular formula is C15H17ClN4O. The Balaban J connectivity index is 1.81. The monoisotopic (exact) mass is 304 g/mol. The van der Waals surface area contributed by atoms with Crippen LogP contribution < -0.4 is 10.9 Å². The molecule has 2 aromatic rings. The van der Waals surface area contributed by atoms with Crippen LogP contribution in [0.3, 0.4) is 0 Å². The molecule has 1 fully saturated rings. The summed E-state index contributed by atoms with van der Waals surface area (Å²) < 4.78 is 1.50. The molecule has 1 saturated carbocycles. The Bertz CT molecular complexity index is 709. The number of hydrogen-bond donors (Lipinski definition) is 1. The number of rotatable bonds is 5. The molecule has 0 aromatic carbocycles. The van der Waals surface area contributed by atoms with Gasteiger partial charge in [-0.05, 0) is 42.9 Å². The van der Waals surface area contributed by atoms with E-state index in [2.05, 4.69) is 15.4 Å². The lowest BCUT2D eigenvalue weighted by Crippen LogP contribution is -2.26. The summed E-state index contributed by atoms with van der Waals surface area (Å²) in [6.45, 7) is 3.21. The maximum atomic E-state index is 12.4. The molecule has 0 saturated heterocycles. The highest BCUT2D eigenvalue weighted by molar-refractivity contribution is 6.32. The fourth-order valence-electron chi connectivity index (χ4n) is 2.17. The third-order valence-corrected chi connectivity index (χ3v) is 4.02. The van der Waals surface area contributed by atoms with Gasteiger partial charge in [-0.3, -0.25) is 9.78 Å².